The number of ether oxygens (including phenoxy) is 3. The summed E-state index contributed by atoms with van der Waals surface area (Å²) in [6, 6.07) is 13.5. The topological polar surface area (TPSA) is 111 Å². The van der Waals surface area contributed by atoms with Crippen LogP contribution in [0.2, 0.25) is 0 Å². The highest BCUT2D eigenvalue weighted by molar-refractivity contribution is 7.81. The number of nitrogens with one attached hydrogen (secondary N) is 1. The average molecular weight is 462 g/mol. The third-order valence-corrected chi connectivity index (χ3v) is 4.66. The number of ketones is 1. The number of benzene rings is 2. The Hall–Kier alpha value is -3.04. The highest BCUT2D eigenvalue weighted by Crippen LogP contribution is 2.26. The lowest BCUT2D eigenvalue weighted by Gasteiger charge is -2.19. The van der Waals surface area contributed by atoms with E-state index in [0.717, 1.165) is 5.56 Å². The van der Waals surface area contributed by atoms with Crippen LogP contribution in [-0.2, 0) is 14.3 Å². The van der Waals surface area contributed by atoms with Crippen molar-refractivity contribution in [1.29, 1.82) is 0 Å². The van der Waals surface area contributed by atoms with E-state index in [9.17, 15) is 14.4 Å². The Morgan fingerprint density at radius 3 is 2.31 bits per heavy atom. The summed E-state index contributed by atoms with van der Waals surface area (Å²) in [5.74, 6) is 0.103. The van der Waals surface area contributed by atoms with Crippen molar-refractivity contribution in [3.63, 3.8) is 0 Å². The summed E-state index contributed by atoms with van der Waals surface area (Å²) in [5.41, 5.74) is 1.78. The van der Waals surface area contributed by atoms with Crippen molar-refractivity contribution < 1.29 is 33.7 Å². The van der Waals surface area contributed by atoms with E-state index >= 15 is 0 Å². The number of aliphatic hydroxyl groups excluding tert-OH is 1. The number of aliphatic hydroxyl groups is 1. The molecule has 9 heteroatoms. The number of hydrogen-bond donors (Lipinski definition) is 3. The van der Waals surface area contributed by atoms with Crippen LogP contribution in [0.15, 0.2) is 48.5 Å². The van der Waals surface area contributed by atoms with E-state index in [1.165, 1.54) is 6.92 Å². The monoisotopic (exact) mass is 461 g/mol. The van der Waals surface area contributed by atoms with E-state index in [-0.39, 0.29) is 31.4 Å². The van der Waals surface area contributed by atoms with Gasteiger partial charge in [0, 0.05) is 11.3 Å². The highest BCUT2D eigenvalue weighted by atomic mass is 32.1. The molecule has 0 spiro atoms. The van der Waals surface area contributed by atoms with E-state index in [1.807, 2.05) is 0 Å². The zero-order valence-electron chi connectivity index (χ0n) is 17.8. The number of thiol groups is 1. The molecule has 0 aromatic heterocycles. The Bertz CT molecular complexity index is 884. The summed E-state index contributed by atoms with van der Waals surface area (Å²) in [4.78, 5) is 35.1. The molecule has 2 aromatic carbocycles. The molecule has 2 N–H and O–H groups in total. The fraction of sp³-hybridized carbons (Fsp3) is 0.348. The van der Waals surface area contributed by atoms with Gasteiger partial charge in [0.25, 0.3) is 0 Å². The van der Waals surface area contributed by atoms with Crippen LogP contribution in [-0.4, -0.2) is 48.5 Å². The summed E-state index contributed by atoms with van der Waals surface area (Å²) in [6.07, 6.45) is -0.340. The summed E-state index contributed by atoms with van der Waals surface area (Å²) < 4.78 is 16.0. The van der Waals surface area contributed by atoms with Crippen molar-refractivity contribution in [3.05, 3.63) is 59.7 Å². The molecule has 0 aliphatic carbocycles. The van der Waals surface area contributed by atoms with Gasteiger partial charge in [-0.2, -0.15) is 12.6 Å². The Kier molecular flexibility index (Phi) is 10.6. The second-order valence-electron chi connectivity index (χ2n) is 6.81. The number of rotatable bonds is 12. The van der Waals surface area contributed by atoms with Gasteiger partial charge in [-0.15, -0.1) is 0 Å². The minimum Gasteiger partial charge on any atom is -0.491 e. The normalized spacial score (nSPS) is 11.3. The minimum atomic E-state index is -0.654. The predicted octanol–water partition coefficient (Wildman–Crippen LogP) is 3.80. The Balaban J connectivity index is 2.02. The first kappa shape index (κ1) is 25.2. The van der Waals surface area contributed by atoms with Crippen molar-refractivity contribution in [2.45, 2.75) is 25.9 Å². The third kappa shape index (κ3) is 8.60. The van der Waals surface area contributed by atoms with Gasteiger partial charge in [0.15, 0.2) is 5.78 Å². The van der Waals surface area contributed by atoms with Gasteiger partial charge in [-0.1, -0.05) is 12.1 Å². The van der Waals surface area contributed by atoms with Gasteiger partial charge >= 0.3 is 12.1 Å². The number of Topliss-reactive ketones (excluding diaryl/α,β-unsaturated/α-hetero) is 1. The summed E-state index contributed by atoms with van der Waals surface area (Å²) in [6.45, 7) is 1.74. The fourth-order valence-corrected chi connectivity index (χ4v) is 2.89. The van der Waals surface area contributed by atoms with E-state index < -0.39 is 18.2 Å². The first-order valence-electron chi connectivity index (χ1n) is 10.1. The average Bonchev–Trinajstić information content (AvgIpc) is 2.80. The van der Waals surface area contributed by atoms with E-state index in [2.05, 4.69) is 17.9 Å². The van der Waals surface area contributed by atoms with Gasteiger partial charge in [-0.3, -0.25) is 14.9 Å². The van der Waals surface area contributed by atoms with Gasteiger partial charge in [-0.05, 0) is 61.7 Å². The summed E-state index contributed by atoms with van der Waals surface area (Å²) in [7, 11) is 0. The molecule has 0 heterocycles. The molecule has 172 valence electrons. The number of carbonyl (C=O) groups is 3. The number of anilines is 1. The maximum atomic E-state index is 12.5. The zero-order valence-corrected chi connectivity index (χ0v) is 18.7. The number of amides is 1. The van der Waals surface area contributed by atoms with Gasteiger partial charge in [0.1, 0.15) is 18.5 Å². The van der Waals surface area contributed by atoms with E-state index in [1.54, 1.807) is 48.5 Å². The van der Waals surface area contributed by atoms with Crippen LogP contribution < -0.4 is 10.1 Å². The first-order chi connectivity index (χ1) is 15.4. The maximum absolute atomic E-state index is 12.5. The van der Waals surface area contributed by atoms with Crippen LogP contribution in [0.1, 0.15) is 41.8 Å². The van der Waals surface area contributed by atoms with Crippen LogP contribution >= 0.6 is 12.6 Å². The third-order valence-electron chi connectivity index (χ3n) is 4.40. The summed E-state index contributed by atoms with van der Waals surface area (Å²) >= 11 is 3.86. The Morgan fingerprint density at radius 1 is 1.03 bits per heavy atom. The van der Waals surface area contributed by atoms with Crippen molar-refractivity contribution in [1.82, 2.24) is 0 Å². The molecule has 0 saturated carbocycles. The second-order valence-corrected chi connectivity index (χ2v) is 7.13. The fourth-order valence-electron chi connectivity index (χ4n) is 2.80. The molecule has 0 fully saturated rings. The zero-order chi connectivity index (χ0) is 23.3. The molecule has 0 bridgehead atoms. The molecule has 1 atom stereocenters. The molecular formula is C23H27NO7S. The van der Waals surface area contributed by atoms with Crippen LogP contribution in [0.25, 0.3) is 0 Å². The van der Waals surface area contributed by atoms with Crippen molar-refractivity contribution in [2.24, 2.45) is 0 Å². The first-order valence-corrected chi connectivity index (χ1v) is 10.7. The minimum absolute atomic E-state index is 0.0000545. The standard InChI is InChI=1S/C23H27NO7S/c1-16(26)17-4-8-19(9-5-17)24-23(28)31-21(3-2-13-30-22(27)15-32)18-6-10-20(11-7-18)29-14-12-25/h4-11,21,25,32H,2-3,12-15H2,1H3,(H,24,28)/t21-/m1/s1. The van der Waals surface area contributed by atoms with Gasteiger partial charge in [-0.25, -0.2) is 4.79 Å². The Labute approximate surface area is 192 Å². The lowest BCUT2D eigenvalue weighted by atomic mass is 10.0. The van der Waals surface area contributed by atoms with Crippen molar-refractivity contribution >= 4 is 36.2 Å². The molecule has 32 heavy (non-hydrogen) atoms. The molecule has 1 amide bonds. The molecular weight excluding hydrogens is 434 g/mol. The van der Waals surface area contributed by atoms with Crippen molar-refractivity contribution in [3.8, 4) is 5.75 Å². The Morgan fingerprint density at radius 2 is 1.72 bits per heavy atom. The number of hydrogen-bond acceptors (Lipinski definition) is 8. The quantitative estimate of drug-likeness (QED) is 0.191. The van der Waals surface area contributed by atoms with E-state index in [0.29, 0.717) is 29.8 Å². The van der Waals surface area contributed by atoms with Crippen LogP contribution in [0, 0.1) is 0 Å². The van der Waals surface area contributed by atoms with Crippen LogP contribution in [0.5, 0.6) is 5.75 Å². The van der Waals surface area contributed by atoms with Crippen molar-refractivity contribution in [2.75, 3.05) is 30.9 Å². The van der Waals surface area contributed by atoms with Gasteiger partial charge in [0.05, 0.1) is 19.0 Å². The van der Waals surface area contributed by atoms with E-state index in [4.69, 9.17) is 19.3 Å². The molecule has 8 nitrogen and oxygen atoms in total. The molecule has 2 aromatic rings. The van der Waals surface area contributed by atoms with Crippen LogP contribution in [0.3, 0.4) is 0 Å². The second kappa shape index (κ2) is 13.4. The van der Waals surface area contributed by atoms with Gasteiger partial charge < -0.3 is 19.3 Å². The molecule has 0 radical (unpaired) electrons. The molecule has 0 aliphatic heterocycles. The number of carbonyl (C=O) groups excluding carboxylic acids is 3. The highest BCUT2D eigenvalue weighted by Gasteiger charge is 2.18. The molecule has 0 aliphatic rings. The SMILES string of the molecule is CC(=O)c1ccc(NC(=O)O[C@H](CCCOC(=O)CS)c2ccc(OCCO)cc2)cc1. The lowest BCUT2D eigenvalue weighted by Crippen LogP contribution is -2.18. The lowest BCUT2D eigenvalue weighted by molar-refractivity contribution is -0.140. The molecule has 0 unspecified atom stereocenters. The predicted molar refractivity (Wildman–Crippen MR) is 122 cm³/mol. The number of esters is 1. The molecule has 2 rings (SSSR count). The summed E-state index contributed by atoms with van der Waals surface area (Å²) in [5, 5.41) is 11.5. The smallest absolute Gasteiger partial charge is 0.412 e. The largest absolute Gasteiger partial charge is 0.491 e. The molecule has 0 saturated heterocycles. The van der Waals surface area contributed by atoms with Gasteiger partial charge in [0.2, 0.25) is 0 Å². The van der Waals surface area contributed by atoms with Crippen LogP contribution in [0.4, 0.5) is 10.5 Å². The maximum Gasteiger partial charge on any atom is 0.412 e.